The Balaban J connectivity index is 1.71. The Kier molecular flexibility index (Phi) is 3.60. The van der Waals surface area contributed by atoms with Crippen LogP contribution in [0.5, 0.6) is 0 Å². The topological polar surface area (TPSA) is 49.4 Å². The van der Waals surface area contributed by atoms with E-state index in [1.54, 1.807) is 4.31 Å². The molecule has 0 spiro atoms. The molecule has 2 saturated heterocycles. The van der Waals surface area contributed by atoms with Crippen molar-refractivity contribution >= 4 is 10.0 Å². The number of piperidine rings is 1. The first-order chi connectivity index (χ1) is 9.15. The van der Waals surface area contributed by atoms with E-state index in [-0.39, 0.29) is 5.75 Å². The lowest BCUT2D eigenvalue weighted by atomic mass is 9.94. The minimum absolute atomic E-state index is 0.118. The summed E-state index contributed by atoms with van der Waals surface area (Å²) in [5.74, 6) is 0.618. The molecular weight excluding hydrogens is 260 g/mol. The van der Waals surface area contributed by atoms with Crippen LogP contribution in [0.2, 0.25) is 0 Å². The largest absolute Gasteiger partial charge is 0.312 e. The van der Waals surface area contributed by atoms with Gasteiger partial charge in [-0.05, 0) is 30.9 Å². The lowest BCUT2D eigenvalue weighted by Gasteiger charge is -2.24. The molecule has 3 rings (SSSR count). The highest BCUT2D eigenvalue weighted by molar-refractivity contribution is 7.88. The van der Waals surface area contributed by atoms with Gasteiger partial charge in [-0.3, -0.25) is 0 Å². The summed E-state index contributed by atoms with van der Waals surface area (Å²) in [5, 5.41) is 3.44. The van der Waals surface area contributed by atoms with Gasteiger partial charge in [0.25, 0.3) is 0 Å². The fourth-order valence-electron chi connectivity index (χ4n) is 3.11. The molecule has 4 nitrogen and oxygen atoms in total. The third kappa shape index (κ3) is 2.83. The summed E-state index contributed by atoms with van der Waals surface area (Å²) < 4.78 is 26.6. The van der Waals surface area contributed by atoms with Gasteiger partial charge in [0.15, 0.2) is 0 Å². The molecule has 0 radical (unpaired) electrons. The second kappa shape index (κ2) is 5.23. The summed E-state index contributed by atoms with van der Waals surface area (Å²) >= 11 is 0. The Morgan fingerprint density at radius 1 is 1.21 bits per heavy atom. The Bertz CT molecular complexity index is 516. The Morgan fingerprint density at radius 2 is 2.00 bits per heavy atom. The van der Waals surface area contributed by atoms with E-state index in [1.165, 1.54) is 0 Å². The van der Waals surface area contributed by atoms with Crippen molar-refractivity contribution in [1.29, 1.82) is 0 Å². The van der Waals surface area contributed by atoms with Gasteiger partial charge < -0.3 is 5.32 Å². The van der Waals surface area contributed by atoms with E-state index < -0.39 is 10.0 Å². The summed E-state index contributed by atoms with van der Waals surface area (Å²) in [5.41, 5.74) is 0.866. The third-order valence-corrected chi connectivity index (χ3v) is 5.93. The van der Waals surface area contributed by atoms with E-state index in [2.05, 4.69) is 5.32 Å². The minimum Gasteiger partial charge on any atom is -0.312 e. The Morgan fingerprint density at radius 3 is 2.74 bits per heavy atom. The van der Waals surface area contributed by atoms with Gasteiger partial charge in [0, 0.05) is 19.1 Å². The van der Waals surface area contributed by atoms with Crippen LogP contribution in [0.15, 0.2) is 30.3 Å². The predicted molar refractivity (Wildman–Crippen MR) is 75.2 cm³/mol. The van der Waals surface area contributed by atoms with Crippen LogP contribution < -0.4 is 5.32 Å². The van der Waals surface area contributed by atoms with E-state index in [1.807, 2.05) is 30.3 Å². The molecule has 19 heavy (non-hydrogen) atoms. The summed E-state index contributed by atoms with van der Waals surface area (Å²) in [6, 6.07) is 9.79. The van der Waals surface area contributed by atoms with Gasteiger partial charge in [-0.2, -0.15) is 4.31 Å². The summed E-state index contributed by atoms with van der Waals surface area (Å²) in [4.78, 5) is 0. The molecular formula is C14H20N2O2S. The van der Waals surface area contributed by atoms with E-state index >= 15 is 0 Å². The van der Waals surface area contributed by atoms with Crippen molar-refractivity contribution in [2.24, 2.45) is 5.92 Å². The van der Waals surface area contributed by atoms with E-state index in [0.29, 0.717) is 25.0 Å². The molecule has 0 saturated carbocycles. The van der Waals surface area contributed by atoms with Crippen molar-refractivity contribution in [3.8, 4) is 0 Å². The van der Waals surface area contributed by atoms with Crippen molar-refractivity contribution in [2.45, 2.75) is 24.6 Å². The first-order valence-corrected chi connectivity index (χ1v) is 8.51. The van der Waals surface area contributed by atoms with Crippen molar-refractivity contribution in [2.75, 3.05) is 19.6 Å². The number of nitrogens with zero attached hydrogens (tertiary/aromatic N) is 1. The van der Waals surface area contributed by atoms with Crippen molar-refractivity contribution in [3.63, 3.8) is 0 Å². The lowest BCUT2D eigenvalue weighted by molar-refractivity contribution is 0.339. The maximum absolute atomic E-state index is 12.4. The molecule has 5 heteroatoms. The minimum atomic E-state index is -3.18. The first kappa shape index (κ1) is 13.1. The zero-order valence-corrected chi connectivity index (χ0v) is 11.8. The number of fused-ring (bicyclic) bond motifs is 1. The van der Waals surface area contributed by atoms with Gasteiger partial charge in [0.05, 0.1) is 5.75 Å². The number of rotatable bonds is 3. The van der Waals surface area contributed by atoms with Gasteiger partial charge in [-0.1, -0.05) is 30.3 Å². The smallest absolute Gasteiger partial charge is 0.218 e. The predicted octanol–water partition coefficient (Wildman–Crippen LogP) is 1.20. The Hall–Kier alpha value is -0.910. The molecule has 0 amide bonds. The number of benzene rings is 1. The Labute approximate surface area is 114 Å². The molecule has 0 bridgehead atoms. The van der Waals surface area contributed by atoms with E-state index in [9.17, 15) is 8.42 Å². The molecule has 2 aliphatic rings. The van der Waals surface area contributed by atoms with Gasteiger partial charge in [-0.25, -0.2) is 8.42 Å². The summed E-state index contributed by atoms with van der Waals surface area (Å²) in [6.45, 7) is 2.35. The standard InChI is InChI=1S/C14H20N2O2S/c17-19(18,11-12-5-2-1-3-6-12)16-9-13-7-4-8-15-14(13)10-16/h1-3,5-6,13-15H,4,7-11H2/t13-,14+/m0/s1. The monoisotopic (exact) mass is 280 g/mol. The highest BCUT2D eigenvalue weighted by atomic mass is 32.2. The molecule has 0 unspecified atom stereocenters. The van der Waals surface area contributed by atoms with Crippen LogP contribution in [0.1, 0.15) is 18.4 Å². The maximum Gasteiger partial charge on any atom is 0.218 e. The molecule has 104 valence electrons. The normalized spacial score (nSPS) is 28.2. The quantitative estimate of drug-likeness (QED) is 0.905. The zero-order chi connectivity index (χ0) is 13.3. The van der Waals surface area contributed by atoms with E-state index in [4.69, 9.17) is 0 Å². The van der Waals surface area contributed by atoms with Crippen LogP contribution >= 0.6 is 0 Å². The second-order valence-corrected chi connectivity index (χ2v) is 7.49. The number of sulfonamides is 1. The zero-order valence-electron chi connectivity index (χ0n) is 11.0. The van der Waals surface area contributed by atoms with Crippen LogP contribution in [0.3, 0.4) is 0 Å². The van der Waals surface area contributed by atoms with Crippen molar-refractivity contribution in [3.05, 3.63) is 35.9 Å². The number of hydrogen-bond acceptors (Lipinski definition) is 3. The van der Waals surface area contributed by atoms with Crippen LogP contribution in [0, 0.1) is 5.92 Å². The molecule has 2 atom stereocenters. The average Bonchev–Trinajstić information content (AvgIpc) is 2.84. The van der Waals surface area contributed by atoms with Gasteiger partial charge in [-0.15, -0.1) is 0 Å². The maximum atomic E-state index is 12.4. The number of nitrogens with one attached hydrogen (secondary N) is 1. The first-order valence-electron chi connectivity index (χ1n) is 6.90. The van der Waals surface area contributed by atoms with Gasteiger partial charge in [0.2, 0.25) is 10.0 Å². The third-order valence-electron chi connectivity index (χ3n) is 4.15. The summed E-state index contributed by atoms with van der Waals surface area (Å²) in [6.07, 6.45) is 2.31. The van der Waals surface area contributed by atoms with E-state index in [0.717, 1.165) is 24.9 Å². The highest BCUT2D eigenvalue weighted by Crippen LogP contribution is 2.27. The molecule has 1 aromatic carbocycles. The van der Waals surface area contributed by atoms with Crippen LogP contribution in [0.4, 0.5) is 0 Å². The lowest BCUT2D eigenvalue weighted by Crippen LogP contribution is -2.41. The SMILES string of the molecule is O=S(=O)(Cc1ccccc1)N1C[C@@H]2CCCN[C@@H]2C1. The fourth-order valence-corrected chi connectivity index (χ4v) is 4.71. The van der Waals surface area contributed by atoms with Crippen LogP contribution in [-0.2, 0) is 15.8 Å². The molecule has 1 aromatic rings. The molecule has 1 N–H and O–H groups in total. The molecule has 2 fully saturated rings. The van der Waals surface area contributed by atoms with Crippen LogP contribution in [0.25, 0.3) is 0 Å². The van der Waals surface area contributed by atoms with Crippen molar-refractivity contribution in [1.82, 2.24) is 9.62 Å². The van der Waals surface area contributed by atoms with Gasteiger partial charge in [0.1, 0.15) is 0 Å². The number of hydrogen-bond donors (Lipinski definition) is 1. The highest BCUT2D eigenvalue weighted by Gasteiger charge is 2.39. The van der Waals surface area contributed by atoms with Crippen LogP contribution in [-0.4, -0.2) is 38.4 Å². The van der Waals surface area contributed by atoms with Gasteiger partial charge >= 0.3 is 0 Å². The molecule has 0 aliphatic carbocycles. The molecule has 2 heterocycles. The van der Waals surface area contributed by atoms with Crippen molar-refractivity contribution < 1.29 is 8.42 Å². The molecule has 0 aromatic heterocycles. The fraction of sp³-hybridized carbons (Fsp3) is 0.571. The average molecular weight is 280 g/mol. The summed E-state index contributed by atoms with van der Waals surface area (Å²) in [7, 11) is -3.18. The molecule has 2 aliphatic heterocycles. The second-order valence-electron chi connectivity index (χ2n) is 5.52.